The summed E-state index contributed by atoms with van der Waals surface area (Å²) in [6, 6.07) is -0.542. The van der Waals surface area contributed by atoms with Crippen LogP contribution in [0.15, 0.2) is 12.2 Å². The number of ether oxygens (including phenoxy) is 1. The molecule has 3 N–H and O–H groups in total. The molecule has 6 nitrogen and oxygen atoms in total. The molecule has 0 bridgehead atoms. The third kappa shape index (κ3) is 55.8. The first kappa shape index (κ1) is 67.6. The van der Waals surface area contributed by atoms with Gasteiger partial charge in [0.2, 0.25) is 5.91 Å². The number of hydrogen-bond donors (Lipinski definition) is 3. The molecule has 0 aromatic rings. The van der Waals surface area contributed by atoms with Gasteiger partial charge in [0.1, 0.15) is 0 Å². The quantitative estimate of drug-likeness (QED) is 0.0321. The highest BCUT2D eigenvalue weighted by Crippen LogP contribution is 2.18. The zero-order valence-corrected chi connectivity index (χ0v) is 46.8. The first-order valence-electron chi connectivity index (χ1n) is 31.4. The smallest absolute Gasteiger partial charge is 0.305 e. The van der Waals surface area contributed by atoms with Crippen molar-refractivity contribution in [1.82, 2.24) is 5.32 Å². The molecule has 6 heteroatoms. The van der Waals surface area contributed by atoms with Crippen molar-refractivity contribution in [1.29, 1.82) is 0 Å². The van der Waals surface area contributed by atoms with Gasteiger partial charge in [0.15, 0.2) is 0 Å². The fourth-order valence-electron chi connectivity index (χ4n) is 9.99. The Hall–Kier alpha value is -1.40. The minimum absolute atomic E-state index is 0.0146. The number of amides is 1. The van der Waals surface area contributed by atoms with Crippen LogP contribution in [0.4, 0.5) is 0 Å². The number of nitrogens with one attached hydrogen (secondary N) is 1. The van der Waals surface area contributed by atoms with Gasteiger partial charge in [-0.05, 0) is 51.4 Å². The van der Waals surface area contributed by atoms with Gasteiger partial charge in [0.25, 0.3) is 0 Å². The van der Waals surface area contributed by atoms with E-state index in [2.05, 4.69) is 31.3 Å². The number of unbranched alkanes of at least 4 members (excludes halogenated alkanes) is 46. The van der Waals surface area contributed by atoms with Crippen LogP contribution in [0.1, 0.15) is 354 Å². The van der Waals surface area contributed by atoms with Crippen LogP contribution in [0.25, 0.3) is 0 Å². The second-order valence-electron chi connectivity index (χ2n) is 21.7. The summed E-state index contributed by atoms with van der Waals surface area (Å²) in [6.07, 6.45) is 70.8. The summed E-state index contributed by atoms with van der Waals surface area (Å²) in [4.78, 5) is 24.5. The van der Waals surface area contributed by atoms with Crippen molar-refractivity contribution in [3.8, 4) is 0 Å². The number of aliphatic hydroxyl groups excluding tert-OH is 2. The van der Waals surface area contributed by atoms with Crippen molar-refractivity contribution in [2.24, 2.45) is 0 Å². The molecule has 0 fully saturated rings. The Balaban J connectivity index is 3.38. The molecule has 0 saturated carbocycles. The van der Waals surface area contributed by atoms with E-state index in [1.165, 1.54) is 283 Å². The fraction of sp³-hybridized carbons (Fsp3) is 0.937. The van der Waals surface area contributed by atoms with Crippen LogP contribution in [-0.2, 0) is 14.3 Å². The van der Waals surface area contributed by atoms with Crippen LogP contribution in [0.2, 0.25) is 0 Å². The fourth-order valence-corrected chi connectivity index (χ4v) is 9.99. The van der Waals surface area contributed by atoms with Gasteiger partial charge in [-0.1, -0.05) is 302 Å². The maximum atomic E-state index is 12.5. The highest BCUT2D eigenvalue weighted by molar-refractivity contribution is 5.76. The summed E-state index contributed by atoms with van der Waals surface area (Å²) < 4.78 is 5.47. The lowest BCUT2D eigenvalue weighted by atomic mass is 10.0. The lowest BCUT2D eigenvalue weighted by molar-refractivity contribution is -0.143. The van der Waals surface area contributed by atoms with E-state index in [1.807, 2.05) is 0 Å². The summed E-state index contributed by atoms with van der Waals surface area (Å²) in [7, 11) is 0. The van der Waals surface area contributed by atoms with Gasteiger partial charge in [-0.3, -0.25) is 9.59 Å². The van der Waals surface area contributed by atoms with E-state index in [4.69, 9.17) is 4.74 Å². The topological polar surface area (TPSA) is 95.9 Å². The standard InChI is InChI=1S/C63H123NO5/c1-3-5-7-9-11-13-15-16-29-32-36-39-43-47-51-55-61(66)60(59-65)64-62(67)56-52-48-44-40-37-33-30-27-25-23-21-19-17-18-20-22-24-26-28-31-34-38-42-46-50-54-58-69-63(68)57-53-49-45-41-35-14-12-10-8-6-4-2/h17,19,60-61,65-66H,3-16,18,20-59H2,1-2H3,(H,64,67)/b19-17-. The predicted octanol–water partition coefficient (Wildman–Crippen LogP) is 19.6. The Kier molecular flexibility index (Phi) is 58.0. The number of rotatable bonds is 59. The first-order valence-corrected chi connectivity index (χ1v) is 31.4. The zero-order valence-electron chi connectivity index (χ0n) is 46.8. The Labute approximate surface area is 431 Å². The lowest BCUT2D eigenvalue weighted by Crippen LogP contribution is -2.45. The summed E-state index contributed by atoms with van der Waals surface area (Å²) in [6.45, 7) is 4.97. The van der Waals surface area contributed by atoms with Gasteiger partial charge < -0.3 is 20.3 Å². The lowest BCUT2D eigenvalue weighted by Gasteiger charge is -2.22. The summed E-state index contributed by atoms with van der Waals surface area (Å²) in [5.41, 5.74) is 0. The molecule has 1 amide bonds. The first-order chi connectivity index (χ1) is 34.0. The van der Waals surface area contributed by atoms with Gasteiger partial charge >= 0.3 is 5.97 Å². The average molecular weight is 975 g/mol. The van der Waals surface area contributed by atoms with Crippen molar-refractivity contribution in [2.45, 2.75) is 366 Å². The molecule has 0 aliphatic heterocycles. The third-order valence-electron chi connectivity index (χ3n) is 14.8. The summed E-state index contributed by atoms with van der Waals surface area (Å²) in [5.74, 6) is -0.0197. The third-order valence-corrected chi connectivity index (χ3v) is 14.8. The molecule has 69 heavy (non-hydrogen) atoms. The predicted molar refractivity (Wildman–Crippen MR) is 301 cm³/mol. The zero-order chi connectivity index (χ0) is 50.0. The molecule has 0 radical (unpaired) electrons. The molecule has 0 spiro atoms. The maximum Gasteiger partial charge on any atom is 0.305 e. The number of esters is 1. The molecule has 410 valence electrons. The molecule has 0 aromatic heterocycles. The van der Waals surface area contributed by atoms with Crippen molar-refractivity contribution >= 4 is 11.9 Å². The second-order valence-corrected chi connectivity index (χ2v) is 21.7. The molecule has 0 aromatic carbocycles. The van der Waals surface area contributed by atoms with Crippen LogP contribution in [-0.4, -0.2) is 47.4 Å². The van der Waals surface area contributed by atoms with Crippen molar-refractivity contribution in [2.75, 3.05) is 13.2 Å². The van der Waals surface area contributed by atoms with E-state index in [9.17, 15) is 19.8 Å². The summed E-state index contributed by atoms with van der Waals surface area (Å²) in [5, 5.41) is 23.3. The Morgan fingerprint density at radius 2 is 0.681 bits per heavy atom. The highest BCUT2D eigenvalue weighted by atomic mass is 16.5. The van der Waals surface area contributed by atoms with Crippen LogP contribution in [0.5, 0.6) is 0 Å². The monoisotopic (exact) mass is 974 g/mol. The molecule has 2 atom stereocenters. The van der Waals surface area contributed by atoms with Gasteiger partial charge in [0, 0.05) is 12.8 Å². The minimum Gasteiger partial charge on any atom is -0.466 e. The van der Waals surface area contributed by atoms with Crippen molar-refractivity contribution in [3.63, 3.8) is 0 Å². The maximum absolute atomic E-state index is 12.5. The Bertz CT molecular complexity index is 1030. The molecule has 2 unspecified atom stereocenters. The van der Waals surface area contributed by atoms with Gasteiger partial charge in [0.05, 0.1) is 25.4 Å². The SMILES string of the molecule is CCCCCCCCCCCCCCCCCC(O)C(CO)NC(=O)CCCCCCCCCCCC/C=C\CCCCCCCCCCCCCCOC(=O)CCCCCCCCCCCCC. The van der Waals surface area contributed by atoms with Crippen molar-refractivity contribution in [3.05, 3.63) is 12.2 Å². The van der Waals surface area contributed by atoms with Gasteiger partial charge in [-0.25, -0.2) is 0 Å². The Morgan fingerprint density at radius 1 is 0.391 bits per heavy atom. The van der Waals surface area contributed by atoms with Crippen molar-refractivity contribution < 1.29 is 24.5 Å². The molecular weight excluding hydrogens is 851 g/mol. The van der Waals surface area contributed by atoms with Crippen LogP contribution < -0.4 is 5.32 Å². The van der Waals surface area contributed by atoms with E-state index < -0.39 is 12.1 Å². The van der Waals surface area contributed by atoms with E-state index >= 15 is 0 Å². The Morgan fingerprint density at radius 3 is 1.03 bits per heavy atom. The van der Waals surface area contributed by atoms with E-state index in [-0.39, 0.29) is 18.5 Å². The number of hydrogen-bond acceptors (Lipinski definition) is 5. The normalized spacial score (nSPS) is 12.6. The second kappa shape index (κ2) is 59.2. The molecule has 0 heterocycles. The molecule has 0 saturated heterocycles. The van der Waals surface area contributed by atoms with Crippen LogP contribution in [0, 0.1) is 0 Å². The number of carbonyl (C=O) groups excluding carboxylic acids is 2. The van der Waals surface area contributed by atoms with E-state index in [0.717, 1.165) is 38.5 Å². The number of aliphatic hydroxyl groups is 2. The van der Waals surface area contributed by atoms with Gasteiger partial charge in [-0.2, -0.15) is 0 Å². The van der Waals surface area contributed by atoms with Gasteiger partial charge in [-0.15, -0.1) is 0 Å². The van der Waals surface area contributed by atoms with E-state index in [0.29, 0.717) is 25.9 Å². The average Bonchev–Trinajstić information content (AvgIpc) is 3.35. The summed E-state index contributed by atoms with van der Waals surface area (Å²) >= 11 is 0. The highest BCUT2D eigenvalue weighted by Gasteiger charge is 2.20. The molecular formula is C63H123NO5. The molecule has 0 aliphatic rings. The minimum atomic E-state index is -0.664. The number of allylic oxidation sites excluding steroid dienone is 2. The molecule has 0 rings (SSSR count). The van der Waals surface area contributed by atoms with Crippen LogP contribution in [0.3, 0.4) is 0 Å². The largest absolute Gasteiger partial charge is 0.466 e. The van der Waals surface area contributed by atoms with Crippen LogP contribution >= 0.6 is 0 Å². The molecule has 0 aliphatic carbocycles. The van der Waals surface area contributed by atoms with E-state index in [1.54, 1.807) is 0 Å². The number of carbonyl (C=O) groups is 2.